The smallest absolute Gasteiger partial charge is 0.282 e. The average Bonchev–Trinajstić information content (AvgIpc) is 3.08. The van der Waals surface area contributed by atoms with Crippen molar-refractivity contribution < 1.29 is 9.59 Å². The summed E-state index contributed by atoms with van der Waals surface area (Å²) in [6.07, 6.45) is 0.867. The second-order valence-corrected chi connectivity index (χ2v) is 5.91. The van der Waals surface area contributed by atoms with E-state index in [0.717, 1.165) is 12.0 Å². The zero-order valence-electron chi connectivity index (χ0n) is 14.0. The molecule has 0 spiro atoms. The molecule has 0 saturated carbocycles. The lowest BCUT2D eigenvalue weighted by Gasteiger charge is -2.19. The van der Waals surface area contributed by atoms with E-state index >= 15 is 0 Å². The summed E-state index contributed by atoms with van der Waals surface area (Å²) in [6.45, 7) is 6.45. The van der Waals surface area contributed by atoms with E-state index in [0.29, 0.717) is 18.1 Å². The number of aromatic nitrogens is 4. The first-order valence-electron chi connectivity index (χ1n) is 7.99. The third-order valence-corrected chi connectivity index (χ3v) is 4.10. The minimum Gasteiger partial charge on any atom is -0.282 e. The SMILES string of the molecule is CCCn1nnnc1CN1C(=O)[C@@H](C)N(c2ccc(C)cc2)C1=O. The van der Waals surface area contributed by atoms with Crippen LogP contribution in [-0.2, 0) is 17.9 Å². The molecule has 1 aliphatic rings. The second kappa shape index (κ2) is 6.38. The van der Waals surface area contributed by atoms with Gasteiger partial charge in [0.05, 0.1) is 6.54 Å². The van der Waals surface area contributed by atoms with E-state index in [1.165, 1.54) is 9.80 Å². The number of nitrogens with zero attached hydrogens (tertiary/aromatic N) is 6. The monoisotopic (exact) mass is 328 g/mol. The maximum atomic E-state index is 12.8. The van der Waals surface area contributed by atoms with Crippen molar-refractivity contribution in [1.82, 2.24) is 25.1 Å². The van der Waals surface area contributed by atoms with Gasteiger partial charge in [0, 0.05) is 12.2 Å². The zero-order chi connectivity index (χ0) is 17.3. The molecule has 8 nitrogen and oxygen atoms in total. The lowest BCUT2D eigenvalue weighted by Crippen LogP contribution is -2.34. The van der Waals surface area contributed by atoms with Crippen molar-refractivity contribution >= 4 is 17.6 Å². The summed E-state index contributed by atoms with van der Waals surface area (Å²) in [5.41, 5.74) is 1.81. The largest absolute Gasteiger partial charge is 0.332 e. The highest BCUT2D eigenvalue weighted by Crippen LogP contribution is 2.26. The quantitative estimate of drug-likeness (QED) is 0.781. The van der Waals surface area contributed by atoms with Crippen molar-refractivity contribution in [3.05, 3.63) is 35.7 Å². The Balaban J connectivity index is 1.85. The van der Waals surface area contributed by atoms with Crippen LogP contribution in [0.25, 0.3) is 0 Å². The first kappa shape index (κ1) is 16.1. The molecule has 0 radical (unpaired) electrons. The van der Waals surface area contributed by atoms with Gasteiger partial charge in [0.25, 0.3) is 5.91 Å². The lowest BCUT2D eigenvalue weighted by atomic mass is 10.2. The Morgan fingerprint density at radius 2 is 1.88 bits per heavy atom. The number of tetrazole rings is 1. The van der Waals surface area contributed by atoms with Crippen molar-refractivity contribution in [1.29, 1.82) is 0 Å². The Kier molecular flexibility index (Phi) is 4.28. The molecule has 0 unspecified atom stereocenters. The molecule has 2 aromatic rings. The third kappa shape index (κ3) is 2.75. The number of benzene rings is 1. The fourth-order valence-electron chi connectivity index (χ4n) is 2.77. The van der Waals surface area contributed by atoms with Gasteiger partial charge in [0.1, 0.15) is 6.04 Å². The number of carbonyl (C=O) groups excluding carboxylic acids is 2. The molecule has 1 aliphatic heterocycles. The minimum atomic E-state index is -0.546. The van der Waals surface area contributed by atoms with Gasteiger partial charge in [-0.25, -0.2) is 9.48 Å². The van der Waals surface area contributed by atoms with Crippen molar-refractivity contribution in [3.8, 4) is 0 Å². The number of aryl methyl sites for hydroxylation is 2. The molecule has 1 saturated heterocycles. The number of hydrogen-bond acceptors (Lipinski definition) is 5. The molecule has 0 aliphatic carbocycles. The van der Waals surface area contributed by atoms with Gasteiger partial charge in [-0.05, 0) is 42.8 Å². The van der Waals surface area contributed by atoms with Crippen LogP contribution in [0.2, 0.25) is 0 Å². The van der Waals surface area contributed by atoms with Crippen LogP contribution in [0.5, 0.6) is 0 Å². The van der Waals surface area contributed by atoms with Gasteiger partial charge in [-0.1, -0.05) is 24.6 Å². The molecule has 3 amide bonds. The van der Waals surface area contributed by atoms with Gasteiger partial charge in [-0.3, -0.25) is 14.6 Å². The Labute approximate surface area is 140 Å². The maximum Gasteiger partial charge on any atom is 0.332 e. The molecule has 126 valence electrons. The second-order valence-electron chi connectivity index (χ2n) is 5.91. The average molecular weight is 328 g/mol. The normalized spacial score (nSPS) is 17.9. The van der Waals surface area contributed by atoms with E-state index in [4.69, 9.17) is 0 Å². The summed E-state index contributed by atoms with van der Waals surface area (Å²) >= 11 is 0. The maximum absolute atomic E-state index is 12.8. The van der Waals surface area contributed by atoms with Crippen LogP contribution in [0.4, 0.5) is 10.5 Å². The summed E-state index contributed by atoms with van der Waals surface area (Å²) in [4.78, 5) is 28.0. The first-order valence-corrected chi connectivity index (χ1v) is 7.99. The van der Waals surface area contributed by atoms with Gasteiger partial charge in [-0.2, -0.15) is 0 Å². The van der Waals surface area contributed by atoms with E-state index in [1.54, 1.807) is 11.6 Å². The molecule has 1 aromatic heterocycles. The molecule has 1 aromatic carbocycles. The summed E-state index contributed by atoms with van der Waals surface area (Å²) < 4.78 is 1.62. The fraction of sp³-hybridized carbons (Fsp3) is 0.438. The Morgan fingerprint density at radius 3 is 2.54 bits per heavy atom. The Hall–Kier alpha value is -2.77. The molecule has 0 bridgehead atoms. The summed E-state index contributed by atoms with van der Waals surface area (Å²) in [6, 6.07) is 6.65. The number of carbonyl (C=O) groups is 2. The third-order valence-electron chi connectivity index (χ3n) is 4.10. The zero-order valence-corrected chi connectivity index (χ0v) is 14.0. The molecule has 8 heteroatoms. The lowest BCUT2D eigenvalue weighted by molar-refractivity contribution is -0.127. The van der Waals surface area contributed by atoms with Crippen LogP contribution in [0.3, 0.4) is 0 Å². The first-order chi connectivity index (χ1) is 11.5. The minimum absolute atomic E-state index is 0.0807. The van der Waals surface area contributed by atoms with Crippen molar-refractivity contribution in [2.75, 3.05) is 4.90 Å². The molecule has 3 rings (SSSR count). The topological polar surface area (TPSA) is 84.2 Å². The van der Waals surface area contributed by atoms with Crippen LogP contribution < -0.4 is 4.90 Å². The van der Waals surface area contributed by atoms with Crippen molar-refractivity contribution in [3.63, 3.8) is 0 Å². The fourth-order valence-corrected chi connectivity index (χ4v) is 2.77. The van der Waals surface area contributed by atoms with Crippen LogP contribution in [0.15, 0.2) is 24.3 Å². The molecular weight excluding hydrogens is 308 g/mol. The van der Waals surface area contributed by atoms with E-state index < -0.39 is 6.04 Å². The van der Waals surface area contributed by atoms with Crippen LogP contribution in [0, 0.1) is 6.92 Å². The number of imide groups is 1. The van der Waals surface area contributed by atoms with Crippen molar-refractivity contribution in [2.24, 2.45) is 0 Å². The van der Waals surface area contributed by atoms with Gasteiger partial charge in [-0.15, -0.1) is 5.10 Å². The molecule has 0 N–H and O–H groups in total. The van der Waals surface area contributed by atoms with Gasteiger partial charge < -0.3 is 0 Å². The number of amides is 3. The van der Waals surface area contributed by atoms with E-state index in [9.17, 15) is 9.59 Å². The van der Waals surface area contributed by atoms with Crippen LogP contribution in [0.1, 0.15) is 31.7 Å². The highest BCUT2D eigenvalue weighted by Gasteiger charge is 2.43. The molecule has 1 atom stereocenters. The standard InChI is InChI=1S/C16H20N6O2/c1-4-9-21-14(17-18-19-21)10-20-15(23)12(3)22(16(20)24)13-7-5-11(2)6-8-13/h5-8,12H,4,9-10H2,1-3H3/t12-/m1/s1. The number of urea groups is 1. The summed E-state index contributed by atoms with van der Waals surface area (Å²) in [5.74, 6) is 0.267. The molecule has 24 heavy (non-hydrogen) atoms. The van der Waals surface area contributed by atoms with Crippen LogP contribution in [-0.4, -0.2) is 43.1 Å². The van der Waals surface area contributed by atoms with Crippen molar-refractivity contribution in [2.45, 2.75) is 46.3 Å². The number of anilines is 1. The van der Waals surface area contributed by atoms with Crippen LogP contribution >= 0.6 is 0 Å². The summed E-state index contributed by atoms with van der Waals surface area (Å²) in [7, 11) is 0. The highest BCUT2D eigenvalue weighted by molar-refractivity contribution is 6.13. The molecule has 1 fully saturated rings. The Bertz CT molecular complexity index is 754. The predicted molar refractivity (Wildman–Crippen MR) is 87.2 cm³/mol. The predicted octanol–water partition coefficient (Wildman–Crippen LogP) is 1.75. The Morgan fingerprint density at radius 1 is 1.17 bits per heavy atom. The summed E-state index contributed by atoms with van der Waals surface area (Å²) in [5, 5.41) is 11.5. The van der Waals surface area contributed by atoms with Gasteiger partial charge in [0.2, 0.25) is 0 Å². The van der Waals surface area contributed by atoms with Gasteiger partial charge >= 0.3 is 6.03 Å². The van der Waals surface area contributed by atoms with E-state index in [1.807, 2.05) is 38.1 Å². The number of rotatable bonds is 5. The number of hydrogen-bond donors (Lipinski definition) is 0. The molecular formula is C16H20N6O2. The van der Waals surface area contributed by atoms with E-state index in [2.05, 4.69) is 15.5 Å². The van der Waals surface area contributed by atoms with Gasteiger partial charge in [0.15, 0.2) is 5.82 Å². The molecule has 2 heterocycles. The van der Waals surface area contributed by atoms with E-state index in [-0.39, 0.29) is 18.5 Å². The highest BCUT2D eigenvalue weighted by atomic mass is 16.2.